The highest BCUT2D eigenvalue weighted by atomic mass is 32.2. The maximum atomic E-state index is 13.7. The van der Waals surface area contributed by atoms with Crippen molar-refractivity contribution in [2.75, 3.05) is 23.7 Å². The fourth-order valence-electron chi connectivity index (χ4n) is 3.17. The molecule has 1 N–H and O–H groups in total. The molecule has 0 saturated carbocycles. The number of ether oxygens (including phenoxy) is 2. The topological polar surface area (TPSA) is 90.4 Å². The Morgan fingerprint density at radius 2 is 1.83 bits per heavy atom. The molecule has 0 amide bonds. The van der Waals surface area contributed by atoms with E-state index in [1.165, 1.54) is 0 Å². The van der Waals surface area contributed by atoms with Crippen LogP contribution in [0.5, 0.6) is 5.88 Å². The monoisotopic (exact) mass is 433 g/mol. The molecule has 2 heterocycles. The second-order valence-electron chi connectivity index (χ2n) is 6.82. The third kappa shape index (κ3) is 5.47. The van der Waals surface area contributed by atoms with Gasteiger partial charge in [-0.15, -0.1) is 0 Å². The molecule has 1 aliphatic rings. The summed E-state index contributed by atoms with van der Waals surface area (Å²) in [6.07, 6.45) is -6.10. The zero-order chi connectivity index (χ0) is 21.1. The largest absolute Gasteiger partial charge is 0.462 e. The minimum atomic E-state index is -4.66. The van der Waals surface area contributed by atoms with Crippen LogP contribution >= 0.6 is 0 Å². The Morgan fingerprint density at radius 3 is 2.41 bits per heavy atom. The highest BCUT2D eigenvalue weighted by molar-refractivity contribution is 7.92. The number of hydrogen-bond donors (Lipinski definition) is 1. The van der Waals surface area contributed by atoms with Gasteiger partial charge in [-0.25, -0.2) is 18.4 Å². The maximum absolute atomic E-state index is 13.7. The molecule has 0 bridgehead atoms. The van der Waals surface area contributed by atoms with Crippen molar-refractivity contribution in [1.29, 1.82) is 0 Å². The van der Waals surface area contributed by atoms with E-state index in [0.717, 1.165) is 0 Å². The highest BCUT2D eigenvalue weighted by Crippen LogP contribution is 2.36. The summed E-state index contributed by atoms with van der Waals surface area (Å²) < 4.78 is 78.3. The Bertz CT molecular complexity index is 947. The van der Waals surface area contributed by atoms with Crippen molar-refractivity contribution < 1.29 is 31.1 Å². The molecule has 1 aromatic heterocycles. The fourth-order valence-corrected chi connectivity index (χ4v) is 4.24. The minimum absolute atomic E-state index is 0.183. The van der Waals surface area contributed by atoms with E-state index in [1.807, 2.05) is 0 Å². The summed E-state index contributed by atoms with van der Waals surface area (Å²) >= 11 is 0. The number of halogens is 3. The zero-order valence-corrected chi connectivity index (χ0v) is 16.6. The number of nitrogens with one attached hydrogen (secondary N) is 1. The smallest absolute Gasteiger partial charge is 0.425 e. The molecule has 1 atom stereocenters. The van der Waals surface area contributed by atoms with Crippen LogP contribution in [-0.4, -0.2) is 49.6 Å². The van der Waals surface area contributed by atoms with E-state index in [9.17, 15) is 21.6 Å². The number of benzene rings is 1. The molecular formula is C18H22F3N3O4S. The predicted molar refractivity (Wildman–Crippen MR) is 101 cm³/mol. The number of rotatable bonds is 7. The van der Waals surface area contributed by atoms with Gasteiger partial charge in [-0.2, -0.15) is 13.2 Å². The molecular weight excluding hydrogens is 411 g/mol. The molecule has 1 aliphatic heterocycles. The molecule has 1 aromatic carbocycles. The quantitative estimate of drug-likeness (QED) is 0.719. The standard InChI is InChI=1S/C18H22F3N3O4S/c1-2-11-29(25,26)24-16-17(23-14-6-4-3-5-13(14)22-16)28-15(18(19,20)21)12-7-9-27-10-8-12/h3-6,12,15H,2,7-11H2,1H3,(H,22,24)/t15-/m1/s1. The summed E-state index contributed by atoms with van der Waals surface area (Å²) in [5, 5.41) is 0. The van der Waals surface area contributed by atoms with Crippen LogP contribution in [0.25, 0.3) is 11.0 Å². The summed E-state index contributed by atoms with van der Waals surface area (Å²) in [5.41, 5.74) is 0.637. The van der Waals surface area contributed by atoms with Crippen molar-refractivity contribution in [3.8, 4) is 5.88 Å². The Labute approximate surface area is 166 Å². The average Bonchev–Trinajstić information content (AvgIpc) is 2.65. The van der Waals surface area contributed by atoms with Crippen molar-refractivity contribution in [2.24, 2.45) is 5.92 Å². The van der Waals surface area contributed by atoms with Gasteiger partial charge in [0.25, 0.3) is 5.88 Å². The van der Waals surface area contributed by atoms with E-state index in [0.29, 0.717) is 17.5 Å². The van der Waals surface area contributed by atoms with Crippen LogP contribution in [0.2, 0.25) is 0 Å². The van der Waals surface area contributed by atoms with Crippen LogP contribution in [0.3, 0.4) is 0 Å². The van der Waals surface area contributed by atoms with Crippen molar-refractivity contribution >= 4 is 26.9 Å². The average molecular weight is 433 g/mol. The van der Waals surface area contributed by atoms with Crippen LogP contribution in [0.1, 0.15) is 26.2 Å². The first-order valence-electron chi connectivity index (χ1n) is 9.28. The first-order chi connectivity index (χ1) is 13.7. The van der Waals surface area contributed by atoms with Gasteiger partial charge >= 0.3 is 6.18 Å². The fraction of sp³-hybridized carbons (Fsp3) is 0.556. The van der Waals surface area contributed by atoms with Gasteiger partial charge in [-0.05, 0) is 31.4 Å². The van der Waals surface area contributed by atoms with Gasteiger partial charge < -0.3 is 9.47 Å². The predicted octanol–water partition coefficient (Wildman–Crippen LogP) is 3.52. The molecule has 1 saturated heterocycles. The lowest BCUT2D eigenvalue weighted by atomic mass is 9.93. The van der Waals surface area contributed by atoms with Crippen LogP contribution in [0.15, 0.2) is 24.3 Å². The van der Waals surface area contributed by atoms with E-state index in [4.69, 9.17) is 9.47 Å². The molecule has 0 spiro atoms. The SMILES string of the molecule is CCCS(=O)(=O)Nc1nc2ccccc2nc1O[C@H](C1CCOCC1)C(F)(F)F. The molecule has 0 aliphatic carbocycles. The summed E-state index contributed by atoms with van der Waals surface area (Å²) in [6, 6.07) is 6.48. The van der Waals surface area contributed by atoms with Gasteiger partial charge in [-0.3, -0.25) is 4.72 Å². The zero-order valence-electron chi connectivity index (χ0n) is 15.8. The van der Waals surface area contributed by atoms with Crippen LogP contribution in [0, 0.1) is 5.92 Å². The first-order valence-corrected chi connectivity index (χ1v) is 10.9. The van der Waals surface area contributed by atoms with Gasteiger partial charge in [0.2, 0.25) is 15.8 Å². The molecule has 1 fully saturated rings. The lowest BCUT2D eigenvalue weighted by Gasteiger charge is -2.31. The normalized spacial score (nSPS) is 17.2. The number of hydrogen-bond acceptors (Lipinski definition) is 6. The summed E-state index contributed by atoms with van der Waals surface area (Å²) in [5.74, 6) is -1.86. The van der Waals surface area contributed by atoms with Gasteiger partial charge in [0, 0.05) is 19.1 Å². The molecule has 7 nitrogen and oxygen atoms in total. The van der Waals surface area contributed by atoms with E-state index >= 15 is 0 Å². The van der Waals surface area contributed by atoms with Gasteiger partial charge in [0.15, 0.2) is 6.10 Å². The molecule has 3 rings (SSSR count). The number of nitrogens with zero attached hydrogens (tertiary/aromatic N) is 2. The van der Waals surface area contributed by atoms with Gasteiger partial charge in [0.1, 0.15) is 0 Å². The van der Waals surface area contributed by atoms with E-state index in [2.05, 4.69) is 14.7 Å². The van der Waals surface area contributed by atoms with E-state index in [1.54, 1.807) is 31.2 Å². The van der Waals surface area contributed by atoms with E-state index < -0.39 is 34.1 Å². The van der Waals surface area contributed by atoms with Crippen molar-refractivity contribution in [3.63, 3.8) is 0 Å². The third-order valence-electron chi connectivity index (χ3n) is 4.52. The van der Waals surface area contributed by atoms with Crippen molar-refractivity contribution in [1.82, 2.24) is 9.97 Å². The highest BCUT2D eigenvalue weighted by Gasteiger charge is 2.48. The van der Waals surface area contributed by atoms with Crippen LogP contribution < -0.4 is 9.46 Å². The second-order valence-corrected chi connectivity index (χ2v) is 8.66. The lowest BCUT2D eigenvalue weighted by Crippen LogP contribution is -2.43. The van der Waals surface area contributed by atoms with E-state index in [-0.39, 0.29) is 37.6 Å². The molecule has 160 valence electrons. The summed E-state index contributed by atoms with van der Waals surface area (Å²) in [4.78, 5) is 8.28. The molecule has 0 unspecified atom stereocenters. The maximum Gasteiger partial charge on any atom is 0.425 e. The number of aromatic nitrogens is 2. The number of anilines is 1. The first kappa shape index (κ1) is 21.6. The Hall–Kier alpha value is -2.14. The summed E-state index contributed by atoms with van der Waals surface area (Å²) in [7, 11) is -3.81. The number of fused-ring (bicyclic) bond motifs is 1. The van der Waals surface area contributed by atoms with Crippen LogP contribution in [-0.2, 0) is 14.8 Å². The Kier molecular flexibility index (Phi) is 6.47. The van der Waals surface area contributed by atoms with Crippen molar-refractivity contribution in [2.45, 2.75) is 38.5 Å². The van der Waals surface area contributed by atoms with Crippen molar-refractivity contribution in [3.05, 3.63) is 24.3 Å². The Morgan fingerprint density at radius 1 is 1.21 bits per heavy atom. The molecule has 29 heavy (non-hydrogen) atoms. The lowest BCUT2D eigenvalue weighted by molar-refractivity contribution is -0.216. The number of para-hydroxylation sites is 2. The molecule has 0 radical (unpaired) electrons. The van der Waals surface area contributed by atoms with Gasteiger partial charge in [0.05, 0.1) is 16.8 Å². The second kappa shape index (κ2) is 8.70. The minimum Gasteiger partial charge on any atom is -0.462 e. The van der Waals surface area contributed by atoms with Crippen LogP contribution in [0.4, 0.5) is 19.0 Å². The third-order valence-corrected chi connectivity index (χ3v) is 5.97. The number of alkyl halides is 3. The molecule has 2 aromatic rings. The summed E-state index contributed by atoms with van der Waals surface area (Å²) in [6.45, 7) is 2.09. The Balaban J connectivity index is 2.01. The molecule has 11 heteroatoms. The van der Waals surface area contributed by atoms with Gasteiger partial charge in [-0.1, -0.05) is 19.1 Å². The number of sulfonamides is 1.